The van der Waals surface area contributed by atoms with Gasteiger partial charge in [-0.05, 0) is 26.2 Å². The molecule has 2 atom stereocenters. The van der Waals surface area contributed by atoms with Gasteiger partial charge >= 0.3 is 0 Å². The van der Waals surface area contributed by atoms with Gasteiger partial charge in [0.25, 0.3) is 5.91 Å². The molecule has 0 saturated carbocycles. The Morgan fingerprint density at radius 1 is 1.32 bits per heavy atom. The summed E-state index contributed by atoms with van der Waals surface area (Å²) in [6, 6.07) is 1.04. The number of nitrogens with one attached hydrogen (secondary N) is 1. The lowest BCUT2D eigenvalue weighted by Crippen LogP contribution is -2.39. The molecular weight excluding hydrogens is 266 g/mol. The fourth-order valence-electron chi connectivity index (χ4n) is 3.00. The van der Waals surface area contributed by atoms with E-state index in [0.29, 0.717) is 29.4 Å². The van der Waals surface area contributed by atoms with Gasteiger partial charge < -0.3 is 14.6 Å². The molecule has 1 N–H and O–H groups in total. The van der Waals surface area contributed by atoms with Gasteiger partial charge in [0, 0.05) is 32.1 Å². The highest BCUT2D eigenvalue weighted by Crippen LogP contribution is 2.22. The lowest BCUT2D eigenvalue weighted by Gasteiger charge is -2.23. The van der Waals surface area contributed by atoms with E-state index in [4.69, 9.17) is 4.42 Å². The Hall–Kier alpha value is -1.07. The zero-order chi connectivity index (χ0) is 12.7. The smallest absolute Gasteiger partial charge is 0.291 e. The molecule has 2 fully saturated rings. The minimum absolute atomic E-state index is 0. The summed E-state index contributed by atoms with van der Waals surface area (Å²) in [6.45, 7) is 5.20. The van der Waals surface area contributed by atoms with Crippen molar-refractivity contribution in [1.82, 2.24) is 15.2 Å². The monoisotopic (exact) mass is 285 g/mol. The van der Waals surface area contributed by atoms with E-state index in [9.17, 15) is 4.79 Å². The van der Waals surface area contributed by atoms with Gasteiger partial charge in [-0.1, -0.05) is 0 Å². The van der Waals surface area contributed by atoms with Crippen molar-refractivity contribution in [2.24, 2.45) is 0 Å². The number of aromatic nitrogens is 1. The van der Waals surface area contributed by atoms with E-state index in [2.05, 4.69) is 10.3 Å². The van der Waals surface area contributed by atoms with Gasteiger partial charge in [-0.2, -0.15) is 0 Å². The molecule has 6 heteroatoms. The van der Waals surface area contributed by atoms with Crippen LogP contribution in [-0.2, 0) is 0 Å². The maximum atomic E-state index is 12.4. The summed E-state index contributed by atoms with van der Waals surface area (Å²) in [6.07, 6.45) is 3.45. The first-order valence-corrected chi connectivity index (χ1v) is 6.63. The molecule has 19 heavy (non-hydrogen) atoms. The SMILES string of the molecule is Cc1nc(C)c(C(=O)N2CCC3CCC(C2)N3)o1.Cl. The number of amides is 1. The predicted octanol–water partition coefficient (Wildman–Crippen LogP) is 1.68. The van der Waals surface area contributed by atoms with Crippen LogP contribution in [0.2, 0.25) is 0 Å². The number of oxazole rings is 1. The van der Waals surface area contributed by atoms with Gasteiger partial charge in [0.05, 0.1) is 5.69 Å². The molecular formula is C13H20ClN3O2. The van der Waals surface area contributed by atoms with Gasteiger partial charge in [-0.25, -0.2) is 4.98 Å². The molecule has 2 bridgehead atoms. The fraction of sp³-hybridized carbons (Fsp3) is 0.692. The molecule has 1 aromatic rings. The molecule has 2 aliphatic heterocycles. The van der Waals surface area contributed by atoms with Crippen molar-refractivity contribution in [3.05, 3.63) is 17.3 Å². The number of rotatable bonds is 1. The molecule has 0 radical (unpaired) electrons. The number of aryl methyl sites for hydroxylation is 2. The molecule has 1 aromatic heterocycles. The first kappa shape index (κ1) is 14.3. The fourth-order valence-corrected chi connectivity index (χ4v) is 3.00. The maximum absolute atomic E-state index is 12.4. The Kier molecular flexibility index (Phi) is 4.16. The average Bonchev–Trinajstić information content (AvgIpc) is 2.81. The standard InChI is InChI=1S/C13H19N3O2.ClH/c1-8-12(18-9(2)14-8)13(17)16-6-5-10-3-4-11(7-16)15-10;/h10-11,15H,3-7H2,1-2H3;1H. The molecule has 0 aromatic carbocycles. The van der Waals surface area contributed by atoms with Gasteiger partial charge in [0.15, 0.2) is 5.89 Å². The van der Waals surface area contributed by atoms with Gasteiger partial charge in [0.2, 0.25) is 5.76 Å². The quantitative estimate of drug-likeness (QED) is 0.853. The summed E-state index contributed by atoms with van der Waals surface area (Å²) in [5, 5.41) is 3.57. The van der Waals surface area contributed by atoms with E-state index in [0.717, 1.165) is 19.5 Å². The number of fused-ring (bicyclic) bond motifs is 2. The Morgan fingerprint density at radius 2 is 2.05 bits per heavy atom. The van der Waals surface area contributed by atoms with Crippen molar-refractivity contribution in [2.75, 3.05) is 13.1 Å². The summed E-state index contributed by atoms with van der Waals surface area (Å²) in [7, 11) is 0. The zero-order valence-electron chi connectivity index (χ0n) is 11.3. The Morgan fingerprint density at radius 3 is 2.74 bits per heavy atom. The molecule has 106 valence electrons. The Bertz CT molecular complexity index is 474. The first-order valence-electron chi connectivity index (χ1n) is 6.63. The lowest BCUT2D eigenvalue weighted by molar-refractivity contribution is 0.0713. The van der Waals surface area contributed by atoms with E-state index >= 15 is 0 Å². The Labute approximate surface area is 119 Å². The van der Waals surface area contributed by atoms with Crippen molar-refractivity contribution >= 4 is 18.3 Å². The average molecular weight is 286 g/mol. The Balaban J connectivity index is 0.00000133. The second-order valence-electron chi connectivity index (χ2n) is 5.33. The minimum atomic E-state index is -0.0116. The number of carbonyl (C=O) groups excluding carboxylic acids is 1. The number of carbonyl (C=O) groups is 1. The van der Waals surface area contributed by atoms with Crippen LogP contribution in [0.4, 0.5) is 0 Å². The first-order chi connectivity index (χ1) is 8.63. The molecule has 3 rings (SSSR count). The number of hydrogen-bond acceptors (Lipinski definition) is 4. The van der Waals surface area contributed by atoms with Crippen molar-refractivity contribution < 1.29 is 9.21 Å². The van der Waals surface area contributed by atoms with Crippen molar-refractivity contribution in [2.45, 2.75) is 45.2 Å². The van der Waals surface area contributed by atoms with Crippen LogP contribution in [0, 0.1) is 13.8 Å². The molecule has 0 aliphatic carbocycles. The molecule has 0 spiro atoms. The summed E-state index contributed by atoms with van der Waals surface area (Å²) in [5.41, 5.74) is 0.694. The molecule has 2 aliphatic rings. The largest absolute Gasteiger partial charge is 0.436 e. The number of nitrogens with zero attached hydrogens (tertiary/aromatic N) is 2. The lowest BCUT2D eigenvalue weighted by atomic mass is 10.1. The van der Waals surface area contributed by atoms with E-state index < -0.39 is 0 Å². The van der Waals surface area contributed by atoms with E-state index in [1.807, 2.05) is 11.8 Å². The van der Waals surface area contributed by atoms with Crippen LogP contribution in [0.25, 0.3) is 0 Å². The predicted molar refractivity (Wildman–Crippen MR) is 73.7 cm³/mol. The van der Waals surface area contributed by atoms with E-state index in [1.54, 1.807) is 6.92 Å². The van der Waals surface area contributed by atoms with Crippen LogP contribution < -0.4 is 5.32 Å². The van der Waals surface area contributed by atoms with Gasteiger partial charge in [-0.15, -0.1) is 12.4 Å². The van der Waals surface area contributed by atoms with Crippen molar-refractivity contribution in [3.63, 3.8) is 0 Å². The summed E-state index contributed by atoms with van der Waals surface area (Å²) in [5.74, 6) is 0.957. The summed E-state index contributed by atoms with van der Waals surface area (Å²) < 4.78 is 5.43. The third-order valence-electron chi connectivity index (χ3n) is 3.91. The maximum Gasteiger partial charge on any atom is 0.291 e. The van der Waals surface area contributed by atoms with Gasteiger partial charge in [0.1, 0.15) is 0 Å². The number of likely N-dealkylation sites (tertiary alicyclic amines) is 1. The molecule has 2 unspecified atom stereocenters. The van der Waals surface area contributed by atoms with E-state index in [1.165, 1.54) is 12.8 Å². The second-order valence-corrected chi connectivity index (χ2v) is 5.33. The third kappa shape index (κ3) is 2.77. The zero-order valence-corrected chi connectivity index (χ0v) is 12.1. The van der Waals surface area contributed by atoms with Crippen LogP contribution in [0.1, 0.15) is 41.4 Å². The van der Waals surface area contributed by atoms with Crippen LogP contribution in [0.3, 0.4) is 0 Å². The van der Waals surface area contributed by atoms with Crippen LogP contribution >= 0.6 is 12.4 Å². The summed E-state index contributed by atoms with van der Waals surface area (Å²) in [4.78, 5) is 18.5. The molecule has 5 nitrogen and oxygen atoms in total. The van der Waals surface area contributed by atoms with Crippen LogP contribution in [-0.4, -0.2) is 41.0 Å². The summed E-state index contributed by atoms with van der Waals surface area (Å²) >= 11 is 0. The topological polar surface area (TPSA) is 58.4 Å². The van der Waals surface area contributed by atoms with Crippen molar-refractivity contribution in [3.8, 4) is 0 Å². The highest BCUT2D eigenvalue weighted by Gasteiger charge is 2.33. The second kappa shape index (κ2) is 5.51. The number of halogens is 1. The minimum Gasteiger partial charge on any atom is -0.436 e. The van der Waals surface area contributed by atoms with Crippen molar-refractivity contribution in [1.29, 1.82) is 0 Å². The normalized spacial score (nSPS) is 25.9. The molecule has 3 heterocycles. The van der Waals surface area contributed by atoms with E-state index in [-0.39, 0.29) is 18.3 Å². The molecule has 1 amide bonds. The number of hydrogen-bond donors (Lipinski definition) is 1. The van der Waals surface area contributed by atoms with Gasteiger partial charge in [-0.3, -0.25) is 4.79 Å². The highest BCUT2D eigenvalue weighted by molar-refractivity contribution is 5.92. The van der Waals surface area contributed by atoms with Crippen LogP contribution in [0.15, 0.2) is 4.42 Å². The molecule has 2 saturated heterocycles. The third-order valence-corrected chi connectivity index (χ3v) is 3.91. The highest BCUT2D eigenvalue weighted by atomic mass is 35.5. The van der Waals surface area contributed by atoms with Crippen LogP contribution in [0.5, 0.6) is 0 Å².